The standard InChI is InChI=1S/C12H20N6/c1-12(2)7-8(12)14-10-15-9(13)16-11(17-10)18-5-3-4-6-18/h8H,3-7H2,1-2H3,(H3,13,14,15,16,17). The maximum absolute atomic E-state index is 5.76. The fraction of sp³-hybridized carbons (Fsp3) is 0.750. The van der Waals surface area contributed by atoms with Crippen LogP contribution in [0.1, 0.15) is 33.1 Å². The topological polar surface area (TPSA) is 80.0 Å². The summed E-state index contributed by atoms with van der Waals surface area (Å²) in [4.78, 5) is 15.0. The van der Waals surface area contributed by atoms with E-state index in [4.69, 9.17) is 5.73 Å². The lowest BCUT2D eigenvalue weighted by Gasteiger charge is -2.16. The third kappa shape index (κ3) is 2.19. The van der Waals surface area contributed by atoms with Crippen LogP contribution in [0.5, 0.6) is 0 Å². The Morgan fingerprint density at radius 3 is 2.50 bits per heavy atom. The first-order valence-electron chi connectivity index (χ1n) is 6.58. The van der Waals surface area contributed by atoms with Crippen LogP contribution in [0.4, 0.5) is 17.8 Å². The molecule has 2 heterocycles. The molecule has 1 saturated heterocycles. The van der Waals surface area contributed by atoms with Crippen molar-refractivity contribution in [1.82, 2.24) is 15.0 Å². The summed E-state index contributed by atoms with van der Waals surface area (Å²) < 4.78 is 0. The Hall–Kier alpha value is -1.59. The van der Waals surface area contributed by atoms with Crippen LogP contribution in [0.25, 0.3) is 0 Å². The van der Waals surface area contributed by atoms with Crippen molar-refractivity contribution >= 4 is 17.8 Å². The van der Waals surface area contributed by atoms with E-state index in [0.717, 1.165) is 19.5 Å². The Morgan fingerprint density at radius 2 is 1.89 bits per heavy atom. The number of anilines is 3. The fourth-order valence-corrected chi connectivity index (χ4v) is 2.37. The highest BCUT2D eigenvalue weighted by Gasteiger charge is 2.46. The average Bonchev–Trinajstić information content (AvgIpc) is 2.76. The number of rotatable bonds is 3. The molecule has 1 saturated carbocycles. The molecule has 0 aromatic carbocycles. The van der Waals surface area contributed by atoms with Gasteiger partial charge >= 0.3 is 0 Å². The molecule has 6 nitrogen and oxygen atoms in total. The van der Waals surface area contributed by atoms with Gasteiger partial charge in [-0.3, -0.25) is 0 Å². The van der Waals surface area contributed by atoms with E-state index in [2.05, 4.69) is 39.0 Å². The summed E-state index contributed by atoms with van der Waals surface area (Å²) in [6.45, 7) is 6.49. The monoisotopic (exact) mass is 248 g/mol. The summed E-state index contributed by atoms with van der Waals surface area (Å²) in [7, 11) is 0. The summed E-state index contributed by atoms with van der Waals surface area (Å²) in [5, 5.41) is 3.34. The minimum Gasteiger partial charge on any atom is -0.368 e. The molecule has 1 aliphatic carbocycles. The van der Waals surface area contributed by atoms with E-state index in [1.54, 1.807) is 0 Å². The van der Waals surface area contributed by atoms with Crippen LogP contribution in [-0.2, 0) is 0 Å². The summed E-state index contributed by atoms with van der Waals surface area (Å²) >= 11 is 0. The lowest BCUT2D eigenvalue weighted by molar-refractivity contribution is 0.628. The Bertz CT molecular complexity index is 452. The molecule has 0 amide bonds. The van der Waals surface area contributed by atoms with Crippen molar-refractivity contribution in [1.29, 1.82) is 0 Å². The molecule has 0 bridgehead atoms. The lowest BCUT2D eigenvalue weighted by Crippen LogP contribution is -2.22. The minimum atomic E-state index is 0.299. The van der Waals surface area contributed by atoms with E-state index in [1.807, 2.05) is 0 Å². The Morgan fingerprint density at radius 1 is 1.22 bits per heavy atom. The van der Waals surface area contributed by atoms with Crippen molar-refractivity contribution in [2.45, 2.75) is 39.2 Å². The number of nitrogens with zero attached hydrogens (tertiary/aromatic N) is 4. The Labute approximate surface area is 107 Å². The minimum absolute atomic E-state index is 0.299. The summed E-state index contributed by atoms with van der Waals surface area (Å²) in [5.41, 5.74) is 6.10. The Balaban J connectivity index is 1.77. The first kappa shape index (κ1) is 11.5. The molecular formula is C12H20N6. The lowest BCUT2D eigenvalue weighted by atomic mass is 10.2. The van der Waals surface area contributed by atoms with Gasteiger partial charge in [-0.05, 0) is 24.7 Å². The number of hydrogen-bond acceptors (Lipinski definition) is 6. The first-order chi connectivity index (χ1) is 8.54. The second-order valence-corrected chi connectivity index (χ2v) is 5.90. The predicted molar refractivity (Wildman–Crippen MR) is 71.5 cm³/mol. The highest BCUT2D eigenvalue weighted by atomic mass is 15.3. The fourth-order valence-electron chi connectivity index (χ4n) is 2.37. The quantitative estimate of drug-likeness (QED) is 0.838. The van der Waals surface area contributed by atoms with E-state index in [0.29, 0.717) is 29.3 Å². The first-order valence-corrected chi connectivity index (χ1v) is 6.58. The Kier molecular flexibility index (Phi) is 2.53. The number of nitrogens with two attached hydrogens (primary N) is 1. The highest BCUT2D eigenvalue weighted by Crippen LogP contribution is 2.46. The van der Waals surface area contributed by atoms with Crippen LogP contribution in [0.2, 0.25) is 0 Å². The van der Waals surface area contributed by atoms with Gasteiger partial charge in [-0.1, -0.05) is 13.8 Å². The smallest absolute Gasteiger partial charge is 0.231 e. The molecular weight excluding hydrogens is 228 g/mol. The molecule has 2 aliphatic rings. The average molecular weight is 248 g/mol. The molecule has 98 valence electrons. The van der Waals surface area contributed by atoms with Gasteiger partial charge in [-0.25, -0.2) is 0 Å². The summed E-state index contributed by atoms with van der Waals surface area (Å²) in [6, 6.07) is 0.450. The van der Waals surface area contributed by atoms with Gasteiger partial charge in [0.2, 0.25) is 17.8 Å². The molecule has 1 aromatic rings. The zero-order valence-corrected chi connectivity index (χ0v) is 11.0. The maximum atomic E-state index is 5.76. The molecule has 1 aromatic heterocycles. The normalized spacial score (nSPS) is 25.2. The van der Waals surface area contributed by atoms with Gasteiger partial charge in [0.1, 0.15) is 0 Å². The molecule has 1 aliphatic heterocycles. The van der Waals surface area contributed by atoms with Crippen LogP contribution in [0.15, 0.2) is 0 Å². The molecule has 3 rings (SSSR count). The predicted octanol–water partition coefficient (Wildman–Crippen LogP) is 1.26. The zero-order valence-electron chi connectivity index (χ0n) is 11.0. The van der Waals surface area contributed by atoms with Crippen molar-refractivity contribution in [3.8, 4) is 0 Å². The van der Waals surface area contributed by atoms with Gasteiger partial charge in [-0.15, -0.1) is 0 Å². The zero-order chi connectivity index (χ0) is 12.8. The number of nitrogens with one attached hydrogen (secondary N) is 1. The second-order valence-electron chi connectivity index (χ2n) is 5.90. The molecule has 6 heteroatoms. The van der Waals surface area contributed by atoms with Gasteiger partial charge in [0, 0.05) is 19.1 Å². The third-order valence-corrected chi connectivity index (χ3v) is 3.85. The number of hydrogen-bond donors (Lipinski definition) is 2. The second kappa shape index (κ2) is 3.96. The largest absolute Gasteiger partial charge is 0.368 e. The molecule has 1 unspecified atom stereocenters. The van der Waals surface area contributed by atoms with Gasteiger partial charge in [0.05, 0.1) is 0 Å². The van der Waals surface area contributed by atoms with Gasteiger partial charge in [0.15, 0.2) is 0 Å². The van der Waals surface area contributed by atoms with Crippen molar-refractivity contribution in [2.75, 3.05) is 29.0 Å². The third-order valence-electron chi connectivity index (χ3n) is 3.85. The van der Waals surface area contributed by atoms with Gasteiger partial charge < -0.3 is 16.0 Å². The van der Waals surface area contributed by atoms with Crippen molar-refractivity contribution < 1.29 is 0 Å². The van der Waals surface area contributed by atoms with Crippen LogP contribution in [0, 0.1) is 5.41 Å². The van der Waals surface area contributed by atoms with Gasteiger partial charge in [-0.2, -0.15) is 15.0 Å². The SMILES string of the molecule is CC1(C)CC1Nc1nc(N)nc(N2CCCC2)n1. The van der Waals surface area contributed by atoms with E-state index in [1.165, 1.54) is 12.8 Å². The van der Waals surface area contributed by atoms with E-state index >= 15 is 0 Å². The maximum Gasteiger partial charge on any atom is 0.231 e. The van der Waals surface area contributed by atoms with Crippen LogP contribution < -0.4 is 16.0 Å². The molecule has 1 atom stereocenters. The summed E-state index contributed by atoms with van der Waals surface area (Å²) in [5.74, 6) is 1.62. The number of aromatic nitrogens is 3. The van der Waals surface area contributed by atoms with Crippen molar-refractivity contribution in [2.24, 2.45) is 5.41 Å². The van der Waals surface area contributed by atoms with Crippen LogP contribution in [0.3, 0.4) is 0 Å². The van der Waals surface area contributed by atoms with E-state index in [9.17, 15) is 0 Å². The van der Waals surface area contributed by atoms with Gasteiger partial charge in [0.25, 0.3) is 0 Å². The van der Waals surface area contributed by atoms with E-state index < -0.39 is 0 Å². The number of nitrogen functional groups attached to an aromatic ring is 1. The van der Waals surface area contributed by atoms with Crippen molar-refractivity contribution in [3.63, 3.8) is 0 Å². The molecule has 0 spiro atoms. The van der Waals surface area contributed by atoms with E-state index in [-0.39, 0.29) is 0 Å². The molecule has 0 radical (unpaired) electrons. The van der Waals surface area contributed by atoms with Crippen LogP contribution in [-0.4, -0.2) is 34.1 Å². The highest BCUT2D eigenvalue weighted by molar-refractivity contribution is 5.44. The molecule has 18 heavy (non-hydrogen) atoms. The van der Waals surface area contributed by atoms with Crippen molar-refractivity contribution in [3.05, 3.63) is 0 Å². The molecule has 2 fully saturated rings. The molecule has 3 N–H and O–H groups in total. The summed E-state index contributed by atoms with van der Waals surface area (Å²) in [6.07, 6.45) is 3.55. The van der Waals surface area contributed by atoms with Crippen LogP contribution >= 0.6 is 0 Å².